The third-order valence-corrected chi connectivity index (χ3v) is 5.52. The van der Waals surface area contributed by atoms with Crippen LogP contribution in [0.25, 0.3) is 0 Å². The Balaban J connectivity index is 1.83. The molecule has 1 aliphatic carbocycles. The Labute approximate surface area is 147 Å². The number of benzene rings is 1. The van der Waals surface area contributed by atoms with Gasteiger partial charge < -0.3 is 4.90 Å². The molecule has 0 saturated heterocycles. The Morgan fingerprint density at radius 2 is 2.12 bits per heavy atom. The van der Waals surface area contributed by atoms with Gasteiger partial charge in [-0.05, 0) is 45.8 Å². The average molecular weight is 343 g/mol. The third kappa shape index (κ3) is 3.90. The number of hydrogen-bond donors (Lipinski definition) is 0. The van der Waals surface area contributed by atoms with Gasteiger partial charge in [0.25, 0.3) is 0 Å². The smallest absolute Gasteiger partial charge is 0.308 e. The summed E-state index contributed by atoms with van der Waals surface area (Å²) in [6.45, 7) is 3.70. The molecule has 0 bridgehead atoms. The fourth-order valence-electron chi connectivity index (χ4n) is 3.19. The van der Waals surface area contributed by atoms with E-state index in [1.165, 1.54) is 22.4 Å². The zero-order valence-electron chi connectivity index (χ0n) is 14.7. The number of aromatic nitrogens is 2. The van der Waals surface area contributed by atoms with Gasteiger partial charge in [0.05, 0.1) is 0 Å². The van der Waals surface area contributed by atoms with Crippen molar-refractivity contribution in [3.8, 4) is 0 Å². The van der Waals surface area contributed by atoms with Gasteiger partial charge in [-0.3, -0.25) is 4.57 Å². The van der Waals surface area contributed by atoms with Crippen LogP contribution in [0.4, 0.5) is 0 Å². The van der Waals surface area contributed by atoms with Gasteiger partial charge in [-0.25, -0.2) is 4.79 Å². The number of fused-ring (bicyclic) bond motifs is 1. The Bertz CT molecular complexity index is 783. The highest BCUT2D eigenvalue weighted by atomic mass is 32.2. The molecule has 4 nitrogen and oxygen atoms in total. The number of thioether (sulfide) groups is 1. The lowest BCUT2D eigenvalue weighted by atomic mass is 10.2. The summed E-state index contributed by atoms with van der Waals surface area (Å²) in [5.41, 5.74) is 4.97. The van der Waals surface area contributed by atoms with Crippen molar-refractivity contribution in [3.05, 3.63) is 57.1 Å². The van der Waals surface area contributed by atoms with Crippen molar-refractivity contribution in [2.24, 2.45) is 0 Å². The van der Waals surface area contributed by atoms with Crippen LogP contribution < -0.4 is 5.69 Å². The van der Waals surface area contributed by atoms with E-state index in [0.29, 0.717) is 0 Å². The minimum absolute atomic E-state index is 0.0933. The van der Waals surface area contributed by atoms with Crippen molar-refractivity contribution in [3.63, 3.8) is 0 Å². The summed E-state index contributed by atoms with van der Waals surface area (Å²) >= 11 is 1.70. The number of rotatable bonds is 6. The van der Waals surface area contributed by atoms with Crippen molar-refractivity contribution in [2.45, 2.75) is 43.5 Å². The molecule has 1 aromatic carbocycles. The van der Waals surface area contributed by atoms with Gasteiger partial charge in [-0.15, -0.1) is 11.8 Å². The van der Waals surface area contributed by atoms with E-state index in [1.807, 2.05) is 18.7 Å². The van der Waals surface area contributed by atoms with Crippen LogP contribution in [-0.4, -0.2) is 35.1 Å². The van der Waals surface area contributed by atoms with Crippen LogP contribution in [0.2, 0.25) is 0 Å². The molecule has 0 fully saturated rings. The summed E-state index contributed by atoms with van der Waals surface area (Å²) in [7, 11) is 4.07. The van der Waals surface area contributed by atoms with Crippen LogP contribution in [0.3, 0.4) is 0 Å². The second-order valence-corrected chi connectivity index (χ2v) is 7.68. The van der Waals surface area contributed by atoms with Crippen LogP contribution in [0.5, 0.6) is 0 Å². The fourth-order valence-corrected chi connectivity index (χ4v) is 4.21. The van der Waals surface area contributed by atoms with Crippen LogP contribution in [-0.2, 0) is 25.1 Å². The third-order valence-electron chi connectivity index (χ3n) is 4.43. The highest BCUT2D eigenvalue weighted by Crippen LogP contribution is 2.31. The largest absolute Gasteiger partial charge is 0.348 e. The molecule has 0 saturated carbocycles. The van der Waals surface area contributed by atoms with Crippen LogP contribution in [0.15, 0.2) is 34.1 Å². The number of likely N-dealkylation sites (N-methyl/N-ethyl adjacent to an activating group) is 1. The first kappa shape index (κ1) is 17.2. The average Bonchev–Trinajstić information content (AvgIpc) is 3.01. The number of aryl methyl sites for hydroxylation is 1. The fraction of sp³-hybridized carbons (Fsp3) is 0.474. The molecule has 0 radical (unpaired) electrons. The summed E-state index contributed by atoms with van der Waals surface area (Å²) in [5.74, 6) is 0.863. The zero-order valence-corrected chi connectivity index (χ0v) is 15.5. The van der Waals surface area contributed by atoms with Crippen molar-refractivity contribution < 1.29 is 0 Å². The Kier molecular flexibility index (Phi) is 5.41. The van der Waals surface area contributed by atoms with Gasteiger partial charge in [-0.1, -0.05) is 29.8 Å². The predicted molar refractivity (Wildman–Crippen MR) is 99.8 cm³/mol. The molecule has 0 aliphatic heterocycles. The van der Waals surface area contributed by atoms with E-state index in [0.717, 1.165) is 43.1 Å². The maximum absolute atomic E-state index is 12.5. The number of hydrogen-bond acceptors (Lipinski definition) is 4. The second-order valence-electron chi connectivity index (χ2n) is 6.71. The zero-order chi connectivity index (χ0) is 17.1. The topological polar surface area (TPSA) is 38.1 Å². The normalized spacial score (nSPS) is 13.5. The van der Waals surface area contributed by atoms with Crippen LogP contribution in [0.1, 0.15) is 28.8 Å². The van der Waals surface area contributed by atoms with Crippen molar-refractivity contribution in [1.82, 2.24) is 14.5 Å². The van der Waals surface area contributed by atoms with Crippen molar-refractivity contribution >= 4 is 11.8 Å². The first-order valence-electron chi connectivity index (χ1n) is 8.50. The lowest BCUT2D eigenvalue weighted by Crippen LogP contribution is -2.31. The van der Waals surface area contributed by atoms with E-state index < -0.39 is 0 Å². The molecule has 5 heteroatoms. The van der Waals surface area contributed by atoms with Gasteiger partial charge in [-0.2, -0.15) is 4.98 Å². The second kappa shape index (κ2) is 7.53. The summed E-state index contributed by atoms with van der Waals surface area (Å²) < 4.78 is 1.89. The monoisotopic (exact) mass is 343 g/mol. The molecule has 1 heterocycles. The van der Waals surface area contributed by atoms with Gasteiger partial charge in [0, 0.05) is 30.1 Å². The molecule has 24 heavy (non-hydrogen) atoms. The van der Waals surface area contributed by atoms with E-state index in [4.69, 9.17) is 0 Å². The van der Waals surface area contributed by atoms with Crippen LogP contribution in [0, 0.1) is 6.92 Å². The van der Waals surface area contributed by atoms with Crippen molar-refractivity contribution in [1.29, 1.82) is 0 Å². The summed E-state index contributed by atoms with van der Waals surface area (Å²) in [6, 6.07) is 8.53. The Hall–Kier alpha value is -1.59. The molecular formula is C19H25N3OS. The molecule has 0 unspecified atom stereocenters. The molecule has 0 atom stereocenters. The van der Waals surface area contributed by atoms with Gasteiger partial charge in [0.15, 0.2) is 0 Å². The molecule has 1 aromatic heterocycles. The summed E-state index contributed by atoms with van der Waals surface area (Å²) in [4.78, 5) is 19.0. The highest BCUT2D eigenvalue weighted by Gasteiger charge is 2.21. The highest BCUT2D eigenvalue weighted by molar-refractivity contribution is 7.98. The molecule has 0 N–H and O–H groups in total. The lowest BCUT2D eigenvalue weighted by Gasteiger charge is -2.16. The van der Waals surface area contributed by atoms with E-state index in [9.17, 15) is 4.79 Å². The maximum Gasteiger partial charge on any atom is 0.348 e. The quantitative estimate of drug-likeness (QED) is 0.597. The van der Waals surface area contributed by atoms with Gasteiger partial charge in [0.2, 0.25) is 0 Å². The summed E-state index contributed by atoms with van der Waals surface area (Å²) in [6.07, 6.45) is 3.17. The van der Waals surface area contributed by atoms with Gasteiger partial charge in [0.1, 0.15) is 5.03 Å². The van der Waals surface area contributed by atoms with Crippen LogP contribution >= 0.6 is 11.8 Å². The minimum Gasteiger partial charge on any atom is -0.308 e. The standard InChI is InChI=1S/C19H25N3OS/c1-14-6-4-7-15(12-14)13-24-18-16-8-5-9-17(16)22(19(23)20-18)11-10-21(2)3/h4,6-7,12H,5,8-11,13H2,1-3H3. The molecule has 128 valence electrons. The van der Waals surface area contributed by atoms with E-state index in [-0.39, 0.29) is 5.69 Å². The number of nitrogens with zero attached hydrogens (tertiary/aromatic N) is 3. The van der Waals surface area contributed by atoms with Gasteiger partial charge >= 0.3 is 5.69 Å². The molecule has 1 aliphatic rings. The maximum atomic E-state index is 12.5. The van der Waals surface area contributed by atoms with E-state index in [1.54, 1.807) is 11.8 Å². The van der Waals surface area contributed by atoms with E-state index >= 15 is 0 Å². The molecule has 3 rings (SSSR count). The predicted octanol–water partition coefficient (Wildman–Crippen LogP) is 2.89. The molecule has 2 aromatic rings. The van der Waals surface area contributed by atoms with Crippen molar-refractivity contribution in [2.75, 3.05) is 20.6 Å². The Morgan fingerprint density at radius 1 is 1.29 bits per heavy atom. The first-order valence-corrected chi connectivity index (χ1v) is 9.49. The summed E-state index contributed by atoms with van der Waals surface area (Å²) in [5, 5.41) is 0.940. The first-order chi connectivity index (χ1) is 11.5. The minimum atomic E-state index is -0.0933. The molecule has 0 amide bonds. The van der Waals surface area contributed by atoms with E-state index in [2.05, 4.69) is 41.1 Å². The SMILES string of the molecule is Cc1cccc(CSc2nc(=O)n(CCN(C)C)c3c2CCC3)c1. The molecule has 0 spiro atoms. The lowest BCUT2D eigenvalue weighted by molar-refractivity contribution is 0.375. The Morgan fingerprint density at radius 3 is 2.88 bits per heavy atom. The molecular weight excluding hydrogens is 318 g/mol.